The van der Waals surface area contributed by atoms with E-state index in [1.807, 2.05) is 36.4 Å². The van der Waals surface area contributed by atoms with Crippen LogP contribution >= 0.6 is 0 Å². The number of carbonyl (C=O) groups is 1. The quantitative estimate of drug-likeness (QED) is 0.683. The zero-order valence-corrected chi connectivity index (χ0v) is 16.4. The third-order valence-corrected chi connectivity index (χ3v) is 5.83. The Kier molecular flexibility index (Phi) is 4.30. The molecule has 29 heavy (non-hydrogen) atoms. The minimum absolute atomic E-state index is 0.157. The molecule has 148 valence electrons. The van der Waals surface area contributed by atoms with Gasteiger partial charge in [-0.15, -0.1) is 10.2 Å². The standard InChI is InChI=1S/C22H23N5O2/c1-2-27-20(13-16-7-10-23-11-8-16)24-25-21(27)26-12-9-22(15-26)14-18(28)17-5-3-4-6-19(17)29-22/h3-8,10-11H,2,9,12-15H2,1H3. The fourth-order valence-electron chi connectivity index (χ4n) is 4.38. The zero-order valence-electron chi connectivity index (χ0n) is 16.4. The summed E-state index contributed by atoms with van der Waals surface area (Å²) in [5.41, 5.74) is 1.36. The number of benzene rings is 1. The number of anilines is 1. The van der Waals surface area contributed by atoms with Crippen molar-refractivity contribution in [3.63, 3.8) is 0 Å². The van der Waals surface area contributed by atoms with E-state index in [9.17, 15) is 4.79 Å². The number of rotatable bonds is 4. The molecule has 2 aliphatic heterocycles. The summed E-state index contributed by atoms with van der Waals surface area (Å²) in [5.74, 6) is 2.63. The summed E-state index contributed by atoms with van der Waals surface area (Å²) in [6.07, 6.45) is 5.50. The molecule has 1 atom stereocenters. The molecule has 7 nitrogen and oxygen atoms in total. The summed E-state index contributed by atoms with van der Waals surface area (Å²) in [7, 11) is 0. The summed E-state index contributed by atoms with van der Waals surface area (Å²) >= 11 is 0. The number of ether oxygens (including phenoxy) is 1. The van der Waals surface area contributed by atoms with Crippen molar-refractivity contribution < 1.29 is 9.53 Å². The van der Waals surface area contributed by atoms with E-state index in [1.54, 1.807) is 12.4 Å². The Morgan fingerprint density at radius 1 is 1.14 bits per heavy atom. The third-order valence-electron chi connectivity index (χ3n) is 5.83. The first-order valence-electron chi connectivity index (χ1n) is 10.0. The summed E-state index contributed by atoms with van der Waals surface area (Å²) in [5, 5.41) is 8.94. The number of Topliss-reactive ketones (excluding diaryl/α,β-unsaturated/α-hetero) is 1. The molecule has 5 rings (SSSR count). The van der Waals surface area contributed by atoms with Gasteiger partial charge in [0.1, 0.15) is 17.2 Å². The van der Waals surface area contributed by atoms with E-state index in [0.717, 1.165) is 36.8 Å². The van der Waals surface area contributed by atoms with Crippen LogP contribution in [-0.4, -0.2) is 44.2 Å². The van der Waals surface area contributed by atoms with E-state index >= 15 is 0 Å². The van der Waals surface area contributed by atoms with Crippen LogP contribution in [-0.2, 0) is 13.0 Å². The van der Waals surface area contributed by atoms with Crippen molar-refractivity contribution in [2.75, 3.05) is 18.0 Å². The SMILES string of the molecule is CCn1c(Cc2ccncc2)nnc1N1CCC2(CC(=O)c3ccccc3O2)C1. The Balaban J connectivity index is 1.39. The van der Waals surface area contributed by atoms with E-state index in [1.165, 1.54) is 0 Å². The lowest BCUT2D eigenvalue weighted by atomic mass is 9.89. The van der Waals surface area contributed by atoms with Gasteiger partial charge >= 0.3 is 0 Å². The molecule has 1 fully saturated rings. The Labute approximate surface area is 169 Å². The van der Waals surface area contributed by atoms with E-state index < -0.39 is 5.60 Å². The van der Waals surface area contributed by atoms with Gasteiger partial charge in [0.2, 0.25) is 5.95 Å². The summed E-state index contributed by atoms with van der Waals surface area (Å²) < 4.78 is 8.50. The van der Waals surface area contributed by atoms with Crippen LogP contribution in [0.3, 0.4) is 0 Å². The molecule has 1 unspecified atom stereocenters. The molecular weight excluding hydrogens is 366 g/mol. The van der Waals surface area contributed by atoms with Crippen LogP contribution in [0.5, 0.6) is 5.75 Å². The summed E-state index contributed by atoms with van der Waals surface area (Å²) in [6.45, 7) is 4.32. The smallest absolute Gasteiger partial charge is 0.227 e. The molecule has 0 radical (unpaired) electrons. The number of ketones is 1. The number of aromatic nitrogens is 4. The molecule has 1 saturated heterocycles. The van der Waals surface area contributed by atoms with Crippen molar-refractivity contribution in [2.45, 2.75) is 38.3 Å². The van der Waals surface area contributed by atoms with Gasteiger partial charge in [0.15, 0.2) is 5.78 Å². The van der Waals surface area contributed by atoms with Gasteiger partial charge in [0, 0.05) is 38.3 Å². The third kappa shape index (κ3) is 3.16. The fourth-order valence-corrected chi connectivity index (χ4v) is 4.38. The predicted octanol–water partition coefficient (Wildman–Crippen LogP) is 2.90. The largest absolute Gasteiger partial charge is 0.484 e. The molecule has 1 spiro atoms. The van der Waals surface area contributed by atoms with Crippen LogP contribution in [0, 0.1) is 0 Å². The maximum absolute atomic E-state index is 12.7. The van der Waals surface area contributed by atoms with Gasteiger partial charge < -0.3 is 9.64 Å². The lowest BCUT2D eigenvalue weighted by Crippen LogP contribution is -2.44. The van der Waals surface area contributed by atoms with Gasteiger partial charge in [-0.1, -0.05) is 12.1 Å². The van der Waals surface area contributed by atoms with Gasteiger partial charge in [0.05, 0.1) is 18.5 Å². The highest BCUT2D eigenvalue weighted by Crippen LogP contribution is 2.39. The highest BCUT2D eigenvalue weighted by Gasteiger charge is 2.46. The number of hydrogen-bond donors (Lipinski definition) is 0. The minimum Gasteiger partial charge on any atom is -0.484 e. The second-order valence-corrected chi connectivity index (χ2v) is 7.75. The van der Waals surface area contributed by atoms with Gasteiger partial charge in [-0.05, 0) is 36.8 Å². The predicted molar refractivity (Wildman–Crippen MR) is 108 cm³/mol. The van der Waals surface area contributed by atoms with Crippen molar-refractivity contribution in [3.05, 3.63) is 65.7 Å². The summed E-state index contributed by atoms with van der Waals surface area (Å²) in [4.78, 5) is 19.0. The first kappa shape index (κ1) is 17.8. The fraction of sp³-hybridized carbons (Fsp3) is 0.364. The van der Waals surface area contributed by atoms with Crippen LogP contribution in [0.15, 0.2) is 48.8 Å². The molecule has 0 N–H and O–H groups in total. The molecule has 2 aliphatic rings. The number of fused-ring (bicyclic) bond motifs is 1. The van der Waals surface area contributed by atoms with Gasteiger partial charge in [-0.25, -0.2) is 0 Å². The average Bonchev–Trinajstić information content (AvgIpc) is 3.32. The molecule has 3 aromatic rings. The van der Waals surface area contributed by atoms with Crippen LogP contribution in [0.2, 0.25) is 0 Å². The van der Waals surface area contributed by atoms with Crippen molar-refractivity contribution in [2.24, 2.45) is 0 Å². The Morgan fingerprint density at radius 2 is 1.97 bits per heavy atom. The summed E-state index contributed by atoms with van der Waals surface area (Å²) in [6, 6.07) is 11.5. The minimum atomic E-state index is -0.485. The van der Waals surface area contributed by atoms with Crippen molar-refractivity contribution >= 4 is 11.7 Å². The first-order chi connectivity index (χ1) is 14.2. The molecule has 0 saturated carbocycles. The lowest BCUT2D eigenvalue weighted by molar-refractivity contribution is 0.0538. The number of pyridine rings is 1. The van der Waals surface area contributed by atoms with Crippen molar-refractivity contribution in [1.29, 1.82) is 0 Å². The van der Waals surface area contributed by atoms with E-state index in [2.05, 4.69) is 31.6 Å². The lowest BCUT2D eigenvalue weighted by Gasteiger charge is -2.34. The second-order valence-electron chi connectivity index (χ2n) is 7.75. The van der Waals surface area contributed by atoms with Crippen molar-refractivity contribution in [1.82, 2.24) is 19.7 Å². The number of para-hydroxylation sites is 1. The van der Waals surface area contributed by atoms with E-state index in [4.69, 9.17) is 4.74 Å². The Hall–Kier alpha value is -3.22. The Morgan fingerprint density at radius 3 is 2.79 bits per heavy atom. The molecular formula is C22H23N5O2. The van der Waals surface area contributed by atoms with Gasteiger partial charge in [-0.3, -0.25) is 14.3 Å². The monoisotopic (exact) mass is 389 g/mol. The molecule has 0 amide bonds. The zero-order chi connectivity index (χ0) is 19.8. The van der Waals surface area contributed by atoms with Crippen LogP contribution < -0.4 is 9.64 Å². The van der Waals surface area contributed by atoms with Crippen LogP contribution in [0.25, 0.3) is 0 Å². The van der Waals surface area contributed by atoms with E-state index in [0.29, 0.717) is 30.7 Å². The number of hydrogen-bond acceptors (Lipinski definition) is 6. The van der Waals surface area contributed by atoms with Gasteiger partial charge in [0.25, 0.3) is 0 Å². The van der Waals surface area contributed by atoms with Crippen LogP contribution in [0.4, 0.5) is 5.95 Å². The Bertz CT molecular complexity index is 1050. The molecule has 1 aromatic carbocycles. The molecule has 7 heteroatoms. The van der Waals surface area contributed by atoms with Gasteiger partial charge in [-0.2, -0.15) is 0 Å². The average molecular weight is 389 g/mol. The maximum atomic E-state index is 12.7. The number of nitrogens with zero attached hydrogens (tertiary/aromatic N) is 5. The highest BCUT2D eigenvalue weighted by atomic mass is 16.5. The van der Waals surface area contributed by atoms with Crippen LogP contribution in [0.1, 0.15) is 41.5 Å². The van der Waals surface area contributed by atoms with E-state index in [-0.39, 0.29) is 5.78 Å². The second kappa shape index (κ2) is 6.99. The highest BCUT2D eigenvalue weighted by molar-refractivity contribution is 6.00. The molecule has 0 aliphatic carbocycles. The molecule has 0 bridgehead atoms. The molecule has 4 heterocycles. The maximum Gasteiger partial charge on any atom is 0.227 e. The molecule has 2 aromatic heterocycles. The normalized spacial score (nSPS) is 20.7. The first-order valence-corrected chi connectivity index (χ1v) is 10.0. The number of carbonyl (C=O) groups excluding carboxylic acids is 1. The topological polar surface area (TPSA) is 73.1 Å². The van der Waals surface area contributed by atoms with Crippen molar-refractivity contribution in [3.8, 4) is 5.75 Å².